The number of alkyl halides is 1. The van der Waals surface area contributed by atoms with Gasteiger partial charge in [0.25, 0.3) is 0 Å². The lowest BCUT2D eigenvalue weighted by Crippen LogP contribution is -2.55. The van der Waals surface area contributed by atoms with Crippen LogP contribution in [0.1, 0.15) is 82.6 Å². The van der Waals surface area contributed by atoms with E-state index in [9.17, 15) is 4.79 Å². The van der Waals surface area contributed by atoms with Crippen molar-refractivity contribution in [3.8, 4) is 0 Å². The van der Waals surface area contributed by atoms with Crippen molar-refractivity contribution >= 4 is 23.2 Å². The molecule has 8 aliphatic carbocycles. The summed E-state index contributed by atoms with van der Waals surface area (Å²) in [4.78, 5) is 13.4. The van der Waals surface area contributed by atoms with E-state index in [1.165, 1.54) is 56.9 Å². The van der Waals surface area contributed by atoms with Gasteiger partial charge in [-0.3, -0.25) is 4.79 Å². The number of hydrogen-bond donors (Lipinski definition) is 1. The molecule has 2 nitrogen and oxygen atoms in total. The summed E-state index contributed by atoms with van der Waals surface area (Å²) in [5.41, 5.74) is 2.67. The molecule has 1 N–H and O–H groups in total. The van der Waals surface area contributed by atoms with Crippen LogP contribution in [-0.4, -0.2) is 10.8 Å². The first-order valence-corrected chi connectivity index (χ1v) is 12.9. The Morgan fingerprint density at radius 2 is 1.30 bits per heavy atom. The highest BCUT2D eigenvalue weighted by molar-refractivity contribution is 6.24. The molecule has 1 aromatic carbocycles. The number of anilines is 1. The van der Waals surface area contributed by atoms with E-state index in [0.29, 0.717) is 5.91 Å². The Kier molecular flexibility index (Phi) is 3.74. The number of amides is 1. The van der Waals surface area contributed by atoms with Crippen LogP contribution >= 0.6 is 11.6 Å². The number of benzene rings is 1. The van der Waals surface area contributed by atoms with Crippen molar-refractivity contribution < 1.29 is 4.79 Å². The zero-order valence-corrected chi connectivity index (χ0v) is 18.7. The van der Waals surface area contributed by atoms with Crippen LogP contribution < -0.4 is 5.32 Å². The summed E-state index contributed by atoms with van der Waals surface area (Å²) in [5.74, 6) is 4.37. The largest absolute Gasteiger partial charge is 0.326 e. The van der Waals surface area contributed by atoms with E-state index in [4.69, 9.17) is 11.6 Å². The van der Waals surface area contributed by atoms with Crippen LogP contribution in [0.15, 0.2) is 24.3 Å². The van der Waals surface area contributed by atoms with Crippen molar-refractivity contribution in [2.45, 2.75) is 87.3 Å². The Bertz CT molecular complexity index is 839. The molecule has 0 heterocycles. The predicted molar refractivity (Wildman–Crippen MR) is 121 cm³/mol. The third-order valence-electron chi connectivity index (χ3n) is 10.3. The van der Waals surface area contributed by atoms with Gasteiger partial charge in [-0.25, -0.2) is 0 Å². The van der Waals surface area contributed by atoms with Crippen molar-refractivity contribution in [2.75, 3.05) is 5.32 Å². The van der Waals surface area contributed by atoms with Gasteiger partial charge < -0.3 is 5.32 Å². The van der Waals surface area contributed by atoms with Gasteiger partial charge in [0.15, 0.2) is 0 Å². The summed E-state index contributed by atoms with van der Waals surface area (Å²) in [6.45, 7) is 0. The third-order valence-corrected chi connectivity index (χ3v) is 10.7. The average Bonchev–Trinajstić information content (AvgIpc) is 2.65. The van der Waals surface area contributed by atoms with Gasteiger partial charge in [-0.1, -0.05) is 12.1 Å². The standard InChI is InChI=1S/C27H34ClNO/c28-27-14-20-8-21(15-27)13-26(12-20,16-27)22-1-3-23(4-2-22)29-24(30)25-9-17-5-18(10-25)7-19(6-17)11-25/h1-4,17-21H,5-16H2,(H,29,30)/t17?,18?,19?,20-,21+,25?,26?,27?. The number of carbonyl (C=O) groups excluding carboxylic acids is 1. The van der Waals surface area contributed by atoms with Crippen LogP contribution in [0.5, 0.6) is 0 Å². The Morgan fingerprint density at radius 3 is 1.83 bits per heavy atom. The second-order valence-electron chi connectivity index (χ2n) is 12.6. The minimum atomic E-state index is -0.0711. The molecule has 0 aliphatic heterocycles. The average molecular weight is 424 g/mol. The molecule has 1 aromatic rings. The number of carbonyl (C=O) groups is 1. The van der Waals surface area contributed by atoms with Gasteiger partial charge in [-0.05, 0) is 130 Å². The lowest BCUT2D eigenvalue weighted by Gasteiger charge is -2.60. The smallest absolute Gasteiger partial charge is 0.230 e. The topological polar surface area (TPSA) is 29.1 Å². The summed E-state index contributed by atoms with van der Waals surface area (Å²) >= 11 is 7.06. The Morgan fingerprint density at radius 1 is 0.767 bits per heavy atom. The van der Waals surface area contributed by atoms with Gasteiger partial charge in [0.2, 0.25) is 5.91 Å². The van der Waals surface area contributed by atoms with Gasteiger partial charge in [0, 0.05) is 10.6 Å². The molecule has 0 spiro atoms. The zero-order chi connectivity index (χ0) is 20.1. The van der Waals surface area contributed by atoms with E-state index in [-0.39, 0.29) is 15.7 Å². The van der Waals surface area contributed by atoms with Crippen molar-refractivity contribution in [3.05, 3.63) is 29.8 Å². The van der Waals surface area contributed by atoms with E-state index >= 15 is 0 Å². The molecular formula is C27H34ClNO. The van der Waals surface area contributed by atoms with Gasteiger partial charge >= 0.3 is 0 Å². The second-order valence-corrected chi connectivity index (χ2v) is 13.4. The maximum atomic E-state index is 13.4. The monoisotopic (exact) mass is 423 g/mol. The van der Waals surface area contributed by atoms with Crippen LogP contribution in [0.25, 0.3) is 0 Å². The molecule has 160 valence electrons. The molecule has 0 saturated heterocycles. The molecule has 4 atom stereocenters. The maximum absolute atomic E-state index is 13.4. The van der Waals surface area contributed by atoms with Crippen LogP contribution in [0.3, 0.4) is 0 Å². The fourth-order valence-electron chi connectivity index (χ4n) is 10.0. The molecule has 3 heteroatoms. The Balaban J connectivity index is 1.11. The van der Waals surface area contributed by atoms with E-state index < -0.39 is 0 Å². The van der Waals surface area contributed by atoms with Crippen molar-refractivity contribution in [1.29, 1.82) is 0 Å². The number of nitrogens with one attached hydrogen (secondary N) is 1. The molecule has 9 rings (SSSR count). The first kappa shape index (κ1) is 18.5. The molecule has 8 aliphatic rings. The van der Waals surface area contributed by atoms with Crippen molar-refractivity contribution in [1.82, 2.24) is 0 Å². The van der Waals surface area contributed by atoms with E-state index in [1.807, 2.05) is 0 Å². The quantitative estimate of drug-likeness (QED) is 0.540. The highest BCUT2D eigenvalue weighted by Crippen LogP contribution is 2.64. The van der Waals surface area contributed by atoms with Gasteiger partial charge in [-0.15, -0.1) is 11.6 Å². The fourth-order valence-corrected chi connectivity index (χ4v) is 10.7. The molecule has 8 fully saturated rings. The van der Waals surface area contributed by atoms with Crippen LogP contribution in [0.4, 0.5) is 5.69 Å². The fraction of sp³-hybridized carbons (Fsp3) is 0.741. The van der Waals surface area contributed by atoms with Gasteiger partial charge in [-0.2, -0.15) is 0 Å². The number of rotatable bonds is 3. The van der Waals surface area contributed by atoms with Crippen LogP contribution in [-0.2, 0) is 10.2 Å². The summed E-state index contributed by atoms with van der Waals surface area (Å²) in [6.07, 6.45) is 15.2. The molecule has 1 amide bonds. The van der Waals surface area contributed by atoms with Gasteiger partial charge in [0.05, 0.1) is 5.41 Å². The molecule has 8 bridgehead atoms. The molecule has 0 aromatic heterocycles. The highest BCUT2D eigenvalue weighted by Gasteiger charge is 2.58. The van der Waals surface area contributed by atoms with Crippen molar-refractivity contribution in [2.24, 2.45) is 35.0 Å². The summed E-state index contributed by atoms with van der Waals surface area (Å²) in [7, 11) is 0. The normalized spacial score (nSPS) is 50.1. The minimum Gasteiger partial charge on any atom is -0.326 e. The van der Waals surface area contributed by atoms with E-state index in [1.54, 1.807) is 0 Å². The molecule has 8 saturated carbocycles. The Hall–Kier alpha value is -1.02. The van der Waals surface area contributed by atoms with E-state index in [0.717, 1.165) is 61.0 Å². The SMILES string of the molecule is O=C(Nc1ccc(C23C[C@@H]4C[C@@H](CC(Cl)(C4)C2)C3)cc1)C12CC3CC(CC(C3)C1)C2. The first-order valence-electron chi connectivity index (χ1n) is 12.5. The Labute approximate surface area is 185 Å². The third kappa shape index (κ3) is 2.71. The van der Waals surface area contributed by atoms with E-state index in [2.05, 4.69) is 29.6 Å². The molecule has 0 radical (unpaired) electrons. The zero-order valence-electron chi connectivity index (χ0n) is 18.0. The lowest BCUT2D eigenvalue weighted by molar-refractivity contribution is -0.140. The number of hydrogen-bond acceptors (Lipinski definition) is 1. The number of halogens is 1. The lowest BCUT2D eigenvalue weighted by atomic mass is 9.47. The maximum Gasteiger partial charge on any atom is 0.230 e. The van der Waals surface area contributed by atoms with Gasteiger partial charge in [0.1, 0.15) is 0 Å². The van der Waals surface area contributed by atoms with Crippen LogP contribution in [0.2, 0.25) is 0 Å². The highest BCUT2D eigenvalue weighted by atomic mass is 35.5. The first-order chi connectivity index (χ1) is 14.4. The predicted octanol–water partition coefficient (Wildman–Crippen LogP) is 6.67. The summed E-state index contributed by atoms with van der Waals surface area (Å²) in [5, 5.41) is 3.34. The summed E-state index contributed by atoms with van der Waals surface area (Å²) in [6, 6.07) is 8.96. The second kappa shape index (κ2) is 6.06. The van der Waals surface area contributed by atoms with Crippen LogP contribution in [0, 0.1) is 35.0 Å². The molecular weight excluding hydrogens is 390 g/mol. The minimum absolute atomic E-state index is 0.0511. The summed E-state index contributed by atoms with van der Waals surface area (Å²) < 4.78 is 0. The molecule has 2 unspecified atom stereocenters. The molecule has 30 heavy (non-hydrogen) atoms. The van der Waals surface area contributed by atoms with Crippen molar-refractivity contribution in [3.63, 3.8) is 0 Å².